The molecular formula is C25H22ClN5O5S. The molecule has 4 N–H and O–H groups in total. The van der Waals surface area contributed by atoms with Crippen molar-refractivity contribution in [3.05, 3.63) is 86.7 Å². The first-order valence-electron chi connectivity index (χ1n) is 11.1. The molecule has 1 atom stereocenters. The Labute approximate surface area is 220 Å². The fraction of sp³-hybridized carbons (Fsp3) is 0.160. The van der Waals surface area contributed by atoms with Gasteiger partial charge in [-0.3, -0.25) is 19.5 Å². The number of hydrogen-bond acceptors (Lipinski definition) is 7. The first-order chi connectivity index (χ1) is 17.9. The number of H-pyrrole nitrogens is 1. The monoisotopic (exact) mass is 539 g/mol. The van der Waals surface area contributed by atoms with E-state index in [0.717, 1.165) is 16.5 Å². The Kier molecular flexibility index (Phi) is 8.16. The molecule has 0 aliphatic carbocycles. The van der Waals surface area contributed by atoms with Gasteiger partial charge in [-0.15, -0.1) is 11.3 Å². The molecule has 3 amide bonds. The van der Waals surface area contributed by atoms with Gasteiger partial charge >= 0.3 is 5.97 Å². The van der Waals surface area contributed by atoms with Crippen LogP contribution in [0.25, 0.3) is 10.9 Å². The van der Waals surface area contributed by atoms with Gasteiger partial charge in [0.1, 0.15) is 6.04 Å². The quantitative estimate of drug-likeness (QED) is 0.241. The molecule has 2 aromatic heterocycles. The molecule has 0 spiro atoms. The molecule has 10 nitrogen and oxygen atoms in total. The van der Waals surface area contributed by atoms with Crippen molar-refractivity contribution >= 4 is 57.5 Å². The van der Waals surface area contributed by atoms with Crippen molar-refractivity contribution in [2.24, 2.45) is 0 Å². The highest BCUT2D eigenvalue weighted by Crippen LogP contribution is 2.19. The number of carbonyl (C=O) groups excluding carboxylic acids is 4. The Morgan fingerprint density at radius 3 is 2.62 bits per heavy atom. The van der Waals surface area contributed by atoms with Gasteiger partial charge in [0.15, 0.2) is 0 Å². The molecule has 0 unspecified atom stereocenters. The molecule has 4 rings (SSSR count). The minimum Gasteiger partial charge on any atom is -0.467 e. The lowest BCUT2D eigenvalue weighted by molar-refractivity contribution is -0.142. The molecule has 2 aromatic carbocycles. The van der Waals surface area contributed by atoms with Crippen LogP contribution in [0.3, 0.4) is 0 Å². The van der Waals surface area contributed by atoms with Crippen molar-refractivity contribution in [3.63, 3.8) is 0 Å². The lowest BCUT2D eigenvalue weighted by atomic mass is 10.1. The number of aromatic nitrogens is 2. The number of nitrogens with zero attached hydrogens (tertiary/aromatic N) is 1. The van der Waals surface area contributed by atoms with E-state index in [-0.39, 0.29) is 41.1 Å². The normalized spacial score (nSPS) is 11.5. The number of methoxy groups -OCH3 is 1. The van der Waals surface area contributed by atoms with E-state index in [9.17, 15) is 19.2 Å². The fourth-order valence-corrected chi connectivity index (χ4v) is 4.47. The lowest BCUT2D eigenvalue weighted by Gasteiger charge is -2.17. The molecule has 0 fully saturated rings. The van der Waals surface area contributed by atoms with Crippen molar-refractivity contribution in [2.75, 3.05) is 13.7 Å². The maximum atomic E-state index is 12.8. The zero-order valence-corrected chi connectivity index (χ0v) is 21.1. The summed E-state index contributed by atoms with van der Waals surface area (Å²) in [7, 11) is 1.18. The van der Waals surface area contributed by atoms with E-state index in [0.29, 0.717) is 4.88 Å². The third kappa shape index (κ3) is 6.13. The Bertz CT molecular complexity index is 1450. The minimum absolute atomic E-state index is 0.0216. The van der Waals surface area contributed by atoms with Crippen LogP contribution < -0.4 is 16.0 Å². The van der Waals surface area contributed by atoms with Crippen molar-refractivity contribution in [2.45, 2.75) is 12.6 Å². The van der Waals surface area contributed by atoms with Crippen LogP contribution in [-0.4, -0.2) is 53.6 Å². The van der Waals surface area contributed by atoms with Gasteiger partial charge in [-0.25, -0.2) is 4.79 Å². The SMILES string of the molecule is COC(=O)[C@H](CNC(=O)c1cccs1)NC(=O)c1ccc(C(=O)NCc2cccc3[nH]ncc23)cc1Cl. The number of esters is 1. The summed E-state index contributed by atoms with van der Waals surface area (Å²) in [5.41, 5.74) is 2.07. The van der Waals surface area contributed by atoms with Crippen molar-refractivity contribution in [3.8, 4) is 0 Å². The Morgan fingerprint density at radius 2 is 1.89 bits per heavy atom. The van der Waals surface area contributed by atoms with E-state index < -0.39 is 17.9 Å². The van der Waals surface area contributed by atoms with Crippen LogP contribution in [-0.2, 0) is 16.1 Å². The summed E-state index contributed by atoms with van der Waals surface area (Å²) >= 11 is 7.55. The Hall–Kier alpha value is -4.22. The van der Waals surface area contributed by atoms with Gasteiger partial charge in [0, 0.05) is 24.0 Å². The average molecular weight is 540 g/mol. The van der Waals surface area contributed by atoms with Crippen molar-refractivity contribution in [1.29, 1.82) is 0 Å². The molecule has 0 saturated heterocycles. The first-order valence-corrected chi connectivity index (χ1v) is 12.3. The van der Waals surface area contributed by atoms with Crippen LogP contribution >= 0.6 is 22.9 Å². The van der Waals surface area contributed by atoms with Crippen LogP contribution in [0.5, 0.6) is 0 Å². The number of hydrogen-bond donors (Lipinski definition) is 4. The number of ether oxygens (including phenoxy) is 1. The van der Waals surface area contributed by atoms with Crippen LogP contribution in [0.2, 0.25) is 5.02 Å². The van der Waals surface area contributed by atoms with E-state index in [1.807, 2.05) is 18.2 Å². The van der Waals surface area contributed by atoms with E-state index >= 15 is 0 Å². The second kappa shape index (κ2) is 11.7. The van der Waals surface area contributed by atoms with E-state index in [1.165, 1.54) is 36.6 Å². The highest BCUT2D eigenvalue weighted by Gasteiger charge is 2.24. The van der Waals surface area contributed by atoms with Crippen LogP contribution in [0, 0.1) is 0 Å². The molecule has 0 radical (unpaired) electrons. The van der Waals surface area contributed by atoms with Crippen molar-refractivity contribution in [1.82, 2.24) is 26.1 Å². The third-order valence-corrected chi connectivity index (χ3v) is 6.67. The second-order valence-electron chi connectivity index (χ2n) is 7.86. The fourth-order valence-electron chi connectivity index (χ4n) is 3.56. The Morgan fingerprint density at radius 1 is 1.05 bits per heavy atom. The van der Waals surface area contributed by atoms with Crippen LogP contribution in [0.1, 0.15) is 36.0 Å². The summed E-state index contributed by atoms with van der Waals surface area (Å²) < 4.78 is 4.74. The van der Waals surface area contributed by atoms with Gasteiger partial charge in [-0.1, -0.05) is 29.8 Å². The number of thiophene rings is 1. The summed E-state index contributed by atoms with van der Waals surface area (Å²) in [6.07, 6.45) is 1.69. The molecule has 0 saturated carbocycles. The van der Waals surface area contributed by atoms with E-state index in [4.69, 9.17) is 16.3 Å². The molecule has 4 aromatic rings. The second-order valence-corrected chi connectivity index (χ2v) is 9.22. The van der Waals surface area contributed by atoms with Crippen LogP contribution in [0.15, 0.2) is 60.1 Å². The van der Waals surface area contributed by atoms with Crippen molar-refractivity contribution < 1.29 is 23.9 Å². The predicted octanol–water partition coefficient (Wildman–Crippen LogP) is 2.91. The molecule has 37 heavy (non-hydrogen) atoms. The van der Waals surface area contributed by atoms with Gasteiger partial charge in [-0.05, 0) is 41.3 Å². The molecule has 190 valence electrons. The molecule has 0 aliphatic rings. The maximum Gasteiger partial charge on any atom is 0.330 e. The number of amides is 3. The number of nitrogens with one attached hydrogen (secondary N) is 4. The first kappa shape index (κ1) is 25.9. The highest BCUT2D eigenvalue weighted by atomic mass is 35.5. The standard InChI is InChI=1S/C25H22ClN5O5S/c1-36-25(35)20(13-28-24(34)21-6-3-9-37-21)30-23(33)16-8-7-14(10-18(16)26)22(32)27-11-15-4-2-5-19-17(15)12-29-31-19/h2-10,12,20H,11,13H2,1H3,(H,27,32)(H,28,34)(H,29,31)(H,30,33)/t20-/m0/s1. The van der Waals surface area contributed by atoms with Gasteiger partial charge in [0.25, 0.3) is 17.7 Å². The van der Waals surface area contributed by atoms with E-state index in [1.54, 1.807) is 23.7 Å². The summed E-state index contributed by atoms with van der Waals surface area (Å²) in [6, 6.07) is 12.1. The molecule has 2 heterocycles. The van der Waals surface area contributed by atoms with E-state index in [2.05, 4.69) is 26.1 Å². The summed E-state index contributed by atoms with van der Waals surface area (Å²) in [5.74, 6) is -2.16. The highest BCUT2D eigenvalue weighted by molar-refractivity contribution is 7.12. The largest absolute Gasteiger partial charge is 0.467 e. The third-order valence-electron chi connectivity index (χ3n) is 5.49. The molecule has 0 aliphatic heterocycles. The van der Waals surface area contributed by atoms with Gasteiger partial charge in [0.05, 0.1) is 34.3 Å². The number of rotatable bonds is 9. The number of fused-ring (bicyclic) bond motifs is 1. The topological polar surface area (TPSA) is 142 Å². The van der Waals surface area contributed by atoms with Gasteiger partial charge < -0.3 is 20.7 Å². The number of benzene rings is 2. The number of halogens is 1. The zero-order valence-electron chi connectivity index (χ0n) is 19.5. The summed E-state index contributed by atoms with van der Waals surface area (Å²) in [6.45, 7) is 0.0875. The maximum absolute atomic E-state index is 12.8. The van der Waals surface area contributed by atoms with Gasteiger partial charge in [-0.2, -0.15) is 5.10 Å². The predicted molar refractivity (Wildman–Crippen MR) is 139 cm³/mol. The smallest absolute Gasteiger partial charge is 0.330 e. The number of carbonyl (C=O) groups is 4. The summed E-state index contributed by atoms with van der Waals surface area (Å²) in [5, 5.41) is 17.5. The molecule has 12 heteroatoms. The lowest BCUT2D eigenvalue weighted by Crippen LogP contribution is -2.49. The average Bonchev–Trinajstić information content (AvgIpc) is 3.61. The minimum atomic E-state index is -1.15. The zero-order chi connectivity index (χ0) is 26.4. The van der Waals surface area contributed by atoms with Gasteiger partial charge in [0.2, 0.25) is 0 Å². The Balaban J connectivity index is 1.39. The molecule has 0 bridgehead atoms. The molecular weight excluding hydrogens is 518 g/mol. The number of aromatic amines is 1. The summed E-state index contributed by atoms with van der Waals surface area (Å²) in [4.78, 5) is 50.4. The van der Waals surface area contributed by atoms with Crippen LogP contribution in [0.4, 0.5) is 0 Å².